The molecule has 0 radical (unpaired) electrons. The quantitative estimate of drug-likeness (QED) is 0.327. The van der Waals surface area contributed by atoms with Crippen molar-refractivity contribution in [1.82, 2.24) is 0 Å². The van der Waals surface area contributed by atoms with Gasteiger partial charge in [-0.05, 0) is 80.2 Å². The molecule has 0 amide bonds. The van der Waals surface area contributed by atoms with Crippen LogP contribution in [0.2, 0.25) is 0 Å². The number of ether oxygens (including phenoxy) is 1. The molecule has 4 atom stereocenters. The van der Waals surface area contributed by atoms with Gasteiger partial charge in [-0.2, -0.15) is 9.65 Å². The van der Waals surface area contributed by atoms with E-state index in [-0.39, 0.29) is 17.4 Å². The molecular formula is C28H37F2NO2. The third-order valence-electron chi connectivity index (χ3n) is 8.89. The fourth-order valence-electron chi connectivity index (χ4n) is 7.04. The number of esters is 1. The van der Waals surface area contributed by atoms with E-state index in [2.05, 4.69) is 6.92 Å². The molecule has 1 aromatic rings. The third kappa shape index (κ3) is 5.42. The van der Waals surface area contributed by atoms with E-state index >= 15 is 0 Å². The molecule has 4 rings (SSSR count). The summed E-state index contributed by atoms with van der Waals surface area (Å²) in [5.41, 5.74) is -0.386. The smallest absolute Gasteiger partial charge is 0.314 e. The number of halogens is 2. The zero-order valence-electron chi connectivity index (χ0n) is 19.8. The number of rotatable bonds is 6. The van der Waals surface area contributed by atoms with Crippen molar-refractivity contribution in [3.63, 3.8) is 0 Å². The summed E-state index contributed by atoms with van der Waals surface area (Å²) < 4.78 is 33.5. The summed E-state index contributed by atoms with van der Waals surface area (Å²) in [5, 5.41) is 8.85. The second-order valence-corrected chi connectivity index (χ2v) is 10.7. The van der Waals surface area contributed by atoms with E-state index < -0.39 is 23.4 Å². The summed E-state index contributed by atoms with van der Waals surface area (Å²) in [6.45, 7) is 2.27. The Hall–Kier alpha value is -1.96. The second-order valence-electron chi connectivity index (χ2n) is 10.7. The molecule has 3 saturated carbocycles. The molecule has 0 aromatic heterocycles. The molecule has 4 unspecified atom stereocenters. The second kappa shape index (κ2) is 11.0. The SMILES string of the molecule is CCCCC1CCC(C2CCC3C(CCCC3C(=O)Oc3ccc(C#N)c(F)c3F)C2)CC1. The molecule has 5 heteroatoms. The Balaban J connectivity index is 1.34. The Morgan fingerprint density at radius 2 is 1.76 bits per heavy atom. The van der Waals surface area contributed by atoms with Crippen LogP contribution < -0.4 is 4.74 Å². The molecule has 0 aliphatic heterocycles. The highest BCUT2D eigenvalue weighted by Crippen LogP contribution is 2.50. The van der Waals surface area contributed by atoms with E-state index in [9.17, 15) is 13.6 Å². The fourth-order valence-corrected chi connectivity index (χ4v) is 7.04. The number of unbranched alkanes of at least 4 members (excludes halogenated alkanes) is 1. The molecule has 1 aromatic carbocycles. The van der Waals surface area contributed by atoms with Crippen LogP contribution in [0.5, 0.6) is 5.75 Å². The van der Waals surface area contributed by atoms with Gasteiger partial charge in [0.05, 0.1) is 11.5 Å². The van der Waals surface area contributed by atoms with Gasteiger partial charge in [-0.3, -0.25) is 4.79 Å². The van der Waals surface area contributed by atoms with E-state index in [1.54, 1.807) is 6.07 Å². The fraction of sp³-hybridized carbons (Fsp3) is 0.714. The van der Waals surface area contributed by atoms with E-state index in [1.807, 2.05) is 0 Å². The number of nitrogens with zero attached hydrogens (tertiary/aromatic N) is 1. The van der Waals surface area contributed by atoms with E-state index in [0.717, 1.165) is 49.5 Å². The van der Waals surface area contributed by atoms with Crippen LogP contribution in [0.3, 0.4) is 0 Å². The van der Waals surface area contributed by atoms with Gasteiger partial charge in [-0.25, -0.2) is 4.39 Å². The number of hydrogen-bond acceptors (Lipinski definition) is 3. The molecule has 3 aliphatic rings. The predicted molar refractivity (Wildman–Crippen MR) is 123 cm³/mol. The lowest BCUT2D eigenvalue weighted by Crippen LogP contribution is -2.40. The molecule has 0 N–H and O–H groups in total. The lowest BCUT2D eigenvalue weighted by atomic mass is 9.59. The van der Waals surface area contributed by atoms with Gasteiger partial charge < -0.3 is 4.74 Å². The van der Waals surface area contributed by atoms with Crippen molar-refractivity contribution in [3.05, 3.63) is 29.3 Å². The van der Waals surface area contributed by atoms with Crippen molar-refractivity contribution in [1.29, 1.82) is 5.26 Å². The predicted octanol–water partition coefficient (Wildman–Crippen LogP) is 7.57. The van der Waals surface area contributed by atoms with E-state index in [4.69, 9.17) is 10.00 Å². The molecule has 3 nitrogen and oxygen atoms in total. The maximum atomic E-state index is 14.3. The number of carbonyl (C=O) groups excluding carboxylic acids is 1. The third-order valence-corrected chi connectivity index (χ3v) is 8.89. The van der Waals surface area contributed by atoms with Crippen LogP contribution in [0.15, 0.2) is 12.1 Å². The first-order valence-corrected chi connectivity index (χ1v) is 13.1. The maximum absolute atomic E-state index is 14.3. The molecule has 33 heavy (non-hydrogen) atoms. The highest BCUT2D eigenvalue weighted by Gasteiger charge is 2.43. The van der Waals surface area contributed by atoms with Gasteiger partial charge in [0.2, 0.25) is 5.82 Å². The summed E-state index contributed by atoms with van der Waals surface area (Å²) in [7, 11) is 0. The van der Waals surface area contributed by atoms with Crippen LogP contribution >= 0.6 is 0 Å². The van der Waals surface area contributed by atoms with Crippen LogP contribution in [0, 0.1) is 58.5 Å². The minimum absolute atomic E-state index is 0.243. The first-order valence-electron chi connectivity index (χ1n) is 13.1. The van der Waals surface area contributed by atoms with Gasteiger partial charge in [0, 0.05) is 0 Å². The Labute approximate surface area is 196 Å². The first-order chi connectivity index (χ1) is 16.0. The van der Waals surface area contributed by atoms with Crippen molar-refractivity contribution >= 4 is 5.97 Å². The van der Waals surface area contributed by atoms with E-state index in [0.29, 0.717) is 5.92 Å². The molecule has 0 saturated heterocycles. The zero-order valence-corrected chi connectivity index (χ0v) is 19.8. The van der Waals surface area contributed by atoms with Gasteiger partial charge in [0.25, 0.3) is 0 Å². The van der Waals surface area contributed by atoms with Gasteiger partial charge in [0.15, 0.2) is 11.6 Å². The van der Waals surface area contributed by atoms with Crippen molar-refractivity contribution in [3.8, 4) is 11.8 Å². The number of fused-ring (bicyclic) bond motifs is 1. The molecule has 0 spiro atoms. The minimum Gasteiger partial charge on any atom is -0.423 e. The van der Waals surface area contributed by atoms with Crippen LogP contribution in [0.1, 0.15) is 96.0 Å². The van der Waals surface area contributed by atoms with Crippen LogP contribution in [0.4, 0.5) is 8.78 Å². The molecule has 0 heterocycles. The first kappa shape index (κ1) is 24.2. The molecule has 3 aliphatic carbocycles. The Bertz CT molecular complexity index is 871. The van der Waals surface area contributed by atoms with E-state index in [1.165, 1.54) is 63.9 Å². The largest absolute Gasteiger partial charge is 0.423 e. The monoisotopic (exact) mass is 457 g/mol. The molecule has 0 bridgehead atoms. The number of nitriles is 1. The number of carbonyl (C=O) groups is 1. The standard InChI is InChI=1S/C28H37F2NO2/c1-2-3-5-18-8-10-19(11-9-18)20-12-14-23-21(16-20)6-4-7-24(23)28(32)33-25-15-13-22(17-31)26(29)27(25)30/h13,15,18-21,23-24H,2-12,14,16H2,1H3. The highest BCUT2D eigenvalue weighted by atomic mass is 19.2. The van der Waals surface area contributed by atoms with Gasteiger partial charge >= 0.3 is 5.97 Å². The lowest BCUT2D eigenvalue weighted by molar-refractivity contribution is -0.144. The molecule has 3 fully saturated rings. The summed E-state index contributed by atoms with van der Waals surface area (Å²) >= 11 is 0. The van der Waals surface area contributed by atoms with Crippen LogP contribution in [-0.2, 0) is 4.79 Å². The summed E-state index contributed by atoms with van der Waals surface area (Å²) in [5.74, 6) is -0.237. The zero-order chi connectivity index (χ0) is 23.4. The molecule has 180 valence electrons. The maximum Gasteiger partial charge on any atom is 0.314 e. The normalized spacial score (nSPS) is 31.9. The van der Waals surface area contributed by atoms with Gasteiger partial charge in [0.1, 0.15) is 6.07 Å². The van der Waals surface area contributed by atoms with Crippen LogP contribution in [-0.4, -0.2) is 5.97 Å². The van der Waals surface area contributed by atoms with Crippen molar-refractivity contribution < 1.29 is 18.3 Å². The highest BCUT2D eigenvalue weighted by molar-refractivity contribution is 5.75. The van der Waals surface area contributed by atoms with Crippen molar-refractivity contribution in [2.75, 3.05) is 0 Å². The molecular weight excluding hydrogens is 420 g/mol. The Morgan fingerprint density at radius 3 is 2.48 bits per heavy atom. The summed E-state index contributed by atoms with van der Waals surface area (Å²) in [6.07, 6.45) is 15.9. The minimum atomic E-state index is -1.26. The topological polar surface area (TPSA) is 50.1 Å². The number of benzene rings is 1. The van der Waals surface area contributed by atoms with Crippen LogP contribution in [0.25, 0.3) is 0 Å². The lowest BCUT2D eigenvalue weighted by Gasteiger charge is -2.46. The summed E-state index contributed by atoms with van der Waals surface area (Å²) in [6, 6.07) is 3.95. The average molecular weight is 458 g/mol. The Morgan fingerprint density at radius 1 is 1.00 bits per heavy atom. The van der Waals surface area contributed by atoms with Crippen molar-refractivity contribution in [2.24, 2.45) is 35.5 Å². The average Bonchev–Trinajstić information content (AvgIpc) is 2.85. The van der Waals surface area contributed by atoms with Crippen molar-refractivity contribution in [2.45, 2.75) is 90.4 Å². The summed E-state index contributed by atoms with van der Waals surface area (Å²) in [4.78, 5) is 13.0. The Kier molecular flexibility index (Phi) is 8.04. The van der Waals surface area contributed by atoms with Gasteiger partial charge in [-0.15, -0.1) is 0 Å². The number of hydrogen-bond donors (Lipinski definition) is 0. The van der Waals surface area contributed by atoms with Gasteiger partial charge in [-0.1, -0.05) is 51.9 Å².